The molecule has 0 amide bonds. The largest absolute Gasteiger partial charge is 0.396 e. The van der Waals surface area contributed by atoms with E-state index in [-0.39, 0.29) is 16.7 Å². The van der Waals surface area contributed by atoms with Crippen LogP contribution in [-0.2, 0) is 14.8 Å². The van der Waals surface area contributed by atoms with E-state index < -0.39 is 10.0 Å². The first-order valence-corrected chi connectivity index (χ1v) is 7.80. The Bertz CT molecular complexity index is 539. The Labute approximate surface area is 113 Å². The van der Waals surface area contributed by atoms with Crippen LogP contribution < -0.4 is 16.2 Å². The van der Waals surface area contributed by atoms with Crippen LogP contribution in [0.2, 0.25) is 0 Å². The fourth-order valence-corrected chi connectivity index (χ4v) is 2.87. The first-order valence-electron chi connectivity index (χ1n) is 6.25. The van der Waals surface area contributed by atoms with Crippen molar-refractivity contribution in [1.82, 2.24) is 0 Å². The topological polar surface area (TPSA) is 107 Å². The van der Waals surface area contributed by atoms with Crippen LogP contribution in [0.25, 0.3) is 0 Å². The van der Waals surface area contributed by atoms with Gasteiger partial charge in [0.1, 0.15) is 4.90 Å². The van der Waals surface area contributed by atoms with Crippen LogP contribution in [0.1, 0.15) is 19.3 Å². The van der Waals surface area contributed by atoms with E-state index in [1.54, 1.807) is 12.1 Å². The SMILES string of the molecule is Nc1c(NCCC2CCCO2)cccc1S(N)(=O)=O. The minimum absolute atomic E-state index is 0.0467. The van der Waals surface area contributed by atoms with Crippen molar-refractivity contribution in [3.05, 3.63) is 18.2 Å². The third kappa shape index (κ3) is 3.59. The van der Waals surface area contributed by atoms with Crippen LogP contribution in [0.3, 0.4) is 0 Å². The van der Waals surface area contributed by atoms with E-state index in [0.29, 0.717) is 12.2 Å². The van der Waals surface area contributed by atoms with Crippen molar-refractivity contribution in [3.63, 3.8) is 0 Å². The summed E-state index contributed by atoms with van der Waals surface area (Å²) in [5.41, 5.74) is 6.56. The normalized spacial score (nSPS) is 19.5. The minimum atomic E-state index is -3.79. The number of nitrogens with one attached hydrogen (secondary N) is 1. The molecule has 0 saturated carbocycles. The number of rotatable bonds is 5. The molecule has 1 fully saturated rings. The molecule has 106 valence electrons. The summed E-state index contributed by atoms with van der Waals surface area (Å²) >= 11 is 0. The van der Waals surface area contributed by atoms with Crippen LogP contribution in [0.5, 0.6) is 0 Å². The van der Waals surface area contributed by atoms with Crippen molar-refractivity contribution < 1.29 is 13.2 Å². The van der Waals surface area contributed by atoms with E-state index in [4.69, 9.17) is 15.6 Å². The molecule has 6 nitrogen and oxygen atoms in total. The number of hydrogen-bond acceptors (Lipinski definition) is 5. The Morgan fingerprint density at radius 2 is 2.21 bits per heavy atom. The zero-order valence-corrected chi connectivity index (χ0v) is 11.4. The molecule has 0 aliphatic carbocycles. The first kappa shape index (κ1) is 14.1. The van der Waals surface area contributed by atoms with Crippen molar-refractivity contribution in [2.24, 2.45) is 5.14 Å². The smallest absolute Gasteiger partial charge is 0.240 e. The van der Waals surface area contributed by atoms with Crippen LogP contribution in [-0.4, -0.2) is 27.7 Å². The van der Waals surface area contributed by atoms with Crippen molar-refractivity contribution in [2.75, 3.05) is 24.2 Å². The Kier molecular flexibility index (Phi) is 4.28. The summed E-state index contributed by atoms with van der Waals surface area (Å²) in [6, 6.07) is 4.75. The van der Waals surface area contributed by atoms with Crippen LogP contribution >= 0.6 is 0 Å². The summed E-state index contributed by atoms with van der Waals surface area (Å²) < 4.78 is 28.2. The highest BCUT2D eigenvalue weighted by Gasteiger charge is 2.16. The number of ether oxygens (including phenoxy) is 1. The van der Waals surface area contributed by atoms with Gasteiger partial charge < -0.3 is 15.8 Å². The monoisotopic (exact) mass is 285 g/mol. The lowest BCUT2D eigenvalue weighted by molar-refractivity contribution is 0.107. The molecule has 0 bridgehead atoms. The quantitative estimate of drug-likeness (QED) is 0.697. The van der Waals surface area contributed by atoms with Gasteiger partial charge in [0.25, 0.3) is 0 Å². The van der Waals surface area contributed by atoms with Gasteiger partial charge in [-0.05, 0) is 31.4 Å². The van der Waals surface area contributed by atoms with E-state index >= 15 is 0 Å². The lowest BCUT2D eigenvalue weighted by atomic mass is 10.2. The van der Waals surface area contributed by atoms with Crippen LogP contribution in [0.15, 0.2) is 23.1 Å². The van der Waals surface area contributed by atoms with Gasteiger partial charge in [0.15, 0.2) is 0 Å². The van der Waals surface area contributed by atoms with Gasteiger partial charge in [-0.1, -0.05) is 6.07 Å². The molecular formula is C12H19N3O3S. The van der Waals surface area contributed by atoms with Crippen LogP contribution in [0.4, 0.5) is 11.4 Å². The maximum Gasteiger partial charge on any atom is 0.240 e. The molecule has 5 N–H and O–H groups in total. The summed E-state index contributed by atoms with van der Waals surface area (Å²) in [6.45, 7) is 1.51. The standard InChI is InChI=1S/C12H19N3O3S/c13-12-10(4-1-5-11(12)19(14,16)17)15-7-6-9-3-2-8-18-9/h1,4-5,9,15H,2-3,6-8,13H2,(H2,14,16,17). The molecule has 0 spiro atoms. The summed E-state index contributed by atoms with van der Waals surface area (Å²) in [7, 11) is -3.79. The lowest BCUT2D eigenvalue weighted by Crippen LogP contribution is -2.17. The average Bonchev–Trinajstić information content (AvgIpc) is 2.83. The van der Waals surface area contributed by atoms with E-state index in [2.05, 4.69) is 5.32 Å². The molecule has 19 heavy (non-hydrogen) atoms. The van der Waals surface area contributed by atoms with Gasteiger partial charge in [-0.15, -0.1) is 0 Å². The second-order valence-electron chi connectivity index (χ2n) is 4.61. The van der Waals surface area contributed by atoms with Crippen molar-refractivity contribution in [3.8, 4) is 0 Å². The second kappa shape index (κ2) is 5.77. The number of sulfonamides is 1. The molecule has 0 radical (unpaired) electrons. The number of para-hydroxylation sites is 1. The predicted molar refractivity (Wildman–Crippen MR) is 74.3 cm³/mol. The van der Waals surface area contributed by atoms with Gasteiger partial charge in [-0.25, -0.2) is 13.6 Å². The zero-order valence-electron chi connectivity index (χ0n) is 10.6. The van der Waals surface area contributed by atoms with Gasteiger partial charge in [0.05, 0.1) is 17.5 Å². The van der Waals surface area contributed by atoms with E-state index in [9.17, 15) is 8.42 Å². The second-order valence-corrected chi connectivity index (χ2v) is 6.14. The fraction of sp³-hybridized carbons (Fsp3) is 0.500. The summed E-state index contributed by atoms with van der Waals surface area (Å²) in [5.74, 6) is 0. The van der Waals surface area contributed by atoms with Gasteiger partial charge in [-0.3, -0.25) is 0 Å². The Morgan fingerprint density at radius 3 is 2.84 bits per heavy atom. The fourth-order valence-electron chi connectivity index (χ4n) is 2.19. The Morgan fingerprint density at radius 1 is 1.42 bits per heavy atom. The number of benzene rings is 1. The molecule has 1 aromatic carbocycles. The number of hydrogen-bond donors (Lipinski definition) is 3. The molecule has 1 atom stereocenters. The summed E-state index contributed by atoms with van der Waals surface area (Å²) in [5, 5.41) is 8.23. The highest BCUT2D eigenvalue weighted by atomic mass is 32.2. The van der Waals surface area contributed by atoms with Gasteiger partial charge in [-0.2, -0.15) is 0 Å². The maximum absolute atomic E-state index is 11.3. The molecule has 1 aromatic rings. The van der Waals surface area contributed by atoms with Crippen LogP contribution in [0, 0.1) is 0 Å². The molecule has 7 heteroatoms. The van der Waals surface area contributed by atoms with E-state index in [1.807, 2.05) is 0 Å². The van der Waals surface area contributed by atoms with Gasteiger partial charge in [0, 0.05) is 13.2 Å². The summed E-state index contributed by atoms with van der Waals surface area (Å²) in [6.07, 6.45) is 3.34. The highest BCUT2D eigenvalue weighted by molar-refractivity contribution is 7.89. The predicted octanol–water partition coefficient (Wildman–Crippen LogP) is 0.897. The maximum atomic E-state index is 11.3. The minimum Gasteiger partial charge on any atom is -0.396 e. The molecular weight excluding hydrogens is 266 g/mol. The number of nitrogens with two attached hydrogens (primary N) is 2. The van der Waals surface area contributed by atoms with E-state index in [0.717, 1.165) is 25.9 Å². The lowest BCUT2D eigenvalue weighted by Gasteiger charge is -2.14. The molecule has 1 aliphatic rings. The Balaban J connectivity index is 2.00. The van der Waals surface area contributed by atoms with Crippen molar-refractivity contribution >= 4 is 21.4 Å². The molecule has 1 unspecified atom stereocenters. The first-order chi connectivity index (χ1) is 8.98. The van der Waals surface area contributed by atoms with Crippen molar-refractivity contribution in [2.45, 2.75) is 30.3 Å². The third-order valence-electron chi connectivity index (χ3n) is 3.18. The van der Waals surface area contributed by atoms with Gasteiger partial charge in [0.2, 0.25) is 10.0 Å². The zero-order chi connectivity index (χ0) is 13.9. The molecule has 1 saturated heterocycles. The summed E-state index contributed by atoms with van der Waals surface area (Å²) in [4.78, 5) is -0.0467. The molecule has 1 heterocycles. The van der Waals surface area contributed by atoms with Crippen molar-refractivity contribution in [1.29, 1.82) is 0 Å². The number of primary sulfonamides is 1. The van der Waals surface area contributed by atoms with E-state index in [1.165, 1.54) is 6.07 Å². The molecule has 2 rings (SSSR count). The third-order valence-corrected chi connectivity index (χ3v) is 4.15. The number of nitrogen functional groups attached to an aromatic ring is 1. The molecule has 0 aromatic heterocycles. The Hall–Kier alpha value is -1.31. The molecule has 1 aliphatic heterocycles. The highest BCUT2D eigenvalue weighted by Crippen LogP contribution is 2.26. The van der Waals surface area contributed by atoms with Gasteiger partial charge >= 0.3 is 0 Å². The average molecular weight is 285 g/mol. The number of anilines is 2.